The van der Waals surface area contributed by atoms with Crippen LogP contribution < -0.4 is 5.73 Å². The Morgan fingerprint density at radius 1 is 1.36 bits per heavy atom. The highest BCUT2D eigenvalue weighted by atomic mass is 32.2. The number of halogens is 2. The lowest BCUT2D eigenvalue weighted by atomic mass is 10.3. The van der Waals surface area contributed by atoms with Gasteiger partial charge >= 0.3 is 0 Å². The van der Waals surface area contributed by atoms with E-state index in [0.717, 1.165) is 11.8 Å². The van der Waals surface area contributed by atoms with E-state index in [-0.39, 0.29) is 5.69 Å². The van der Waals surface area contributed by atoms with Crippen LogP contribution in [0.4, 0.5) is 14.5 Å². The zero-order valence-electron chi connectivity index (χ0n) is 8.18. The van der Waals surface area contributed by atoms with E-state index in [9.17, 15) is 8.78 Å². The fourth-order valence-electron chi connectivity index (χ4n) is 0.937. The predicted molar refractivity (Wildman–Crippen MR) is 56.3 cm³/mol. The van der Waals surface area contributed by atoms with Gasteiger partial charge in [0.2, 0.25) is 0 Å². The summed E-state index contributed by atoms with van der Waals surface area (Å²) in [5.74, 6) is -0.00228. The van der Waals surface area contributed by atoms with Gasteiger partial charge in [-0.05, 0) is 12.0 Å². The molecule has 1 aromatic rings. The topological polar surface area (TPSA) is 26.0 Å². The number of anilines is 1. The maximum atomic E-state index is 13.0. The quantitative estimate of drug-likeness (QED) is 0.621. The first kappa shape index (κ1) is 11.3. The first-order valence-corrected chi connectivity index (χ1v) is 5.36. The van der Waals surface area contributed by atoms with E-state index in [2.05, 4.69) is 0 Å². The number of nitrogen functional groups attached to an aromatic ring is 1. The summed E-state index contributed by atoms with van der Waals surface area (Å²) in [5, 5.41) is 0. The maximum absolute atomic E-state index is 13.0. The van der Waals surface area contributed by atoms with E-state index in [1.54, 1.807) is 0 Å². The molecule has 0 radical (unpaired) electrons. The Morgan fingerprint density at radius 2 is 2.00 bits per heavy atom. The van der Waals surface area contributed by atoms with Gasteiger partial charge in [0.1, 0.15) is 11.6 Å². The van der Waals surface area contributed by atoms with Crippen molar-refractivity contribution in [3.05, 3.63) is 23.8 Å². The van der Waals surface area contributed by atoms with Crippen LogP contribution in [0.2, 0.25) is 0 Å². The number of hydrogen-bond acceptors (Lipinski definition) is 2. The van der Waals surface area contributed by atoms with Crippen molar-refractivity contribution in [2.24, 2.45) is 5.92 Å². The third kappa shape index (κ3) is 2.87. The molecule has 0 bridgehead atoms. The Hall–Kier alpha value is -0.770. The zero-order valence-corrected chi connectivity index (χ0v) is 9.00. The monoisotopic (exact) mass is 217 g/mol. The van der Waals surface area contributed by atoms with Gasteiger partial charge in [0.05, 0.1) is 5.69 Å². The van der Waals surface area contributed by atoms with Crippen LogP contribution in [0.3, 0.4) is 0 Å². The van der Waals surface area contributed by atoms with Crippen molar-refractivity contribution in [3.63, 3.8) is 0 Å². The van der Waals surface area contributed by atoms with Gasteiger partial charge in [0, 0.05) is 16.7 Å². The Balaban J connectivity index is 2.85. The van der Waals surface area contributed by atoms with Gasteiger partial charge in [-0.15, -0.1) is 11.8 Å². The number of thioether (sulfide) groups is 1. The van der Waals surface area contributed by atoms with Gasteiger partial charge in [0.25, 0.3) is 0 Å². The lowest BCUT2D eigenvalue weighted by Gasteiger charge is -2.08. The largest absolute Gasteiger partial charge is 0.395 e. The highest BCUT2D eigenvalue weighted by Gasteiger charge is 2.08. The molecular formula is C10H13F2NS. The highest BCUT2D eigenvalue weighted by Crippen LogP contribution is 2.29. The average Bonchev–Trinajstić information content (AvgIpc) is 2.08. The summed E-state index contributed by atoms with van der Waals surface area (Å²) in [6.07, 6.45) is 0. The predicted octanol–water partition coefficient (Wildman–Crippen LogP) is 3.30. The molecule has 0 amide bonds. The van der Waals surface area contributed by atoms with Crippen LogP contribution in [0, 0.1) is 17.6 Å². The SMILES string of the molecule is CC(C)CSc1cc(F)cc(F)c1N. The molecule has 2 N–H and O–H groups in total. The second-order valence-corrected chi connectivity index (χ2v) is 4.57. The fraction of sp³-hybridized carbons (Fsp3) is 0.400. The summed E-state index contributed by atoms with van der Waals surface area (Å²) in [7, 11) is 0. The molecule has 0 fully saturated rings. The molecule has 0 aliphatic heterocycles. The van der Waals surface area contributed by atoms with Crippen LogP contribution >= 0.6 is 11.8 Å². The Morgan fingerprint density at radius 3 is 2.57 bits per heavy atom. The zero-order chi connectivity index (χ0) is 10.7. The van der Waals surface area contributed by atoms with Crippen molar-refractivity contribution in [2.45, 2.75) is 18.7 Å². The van der Waals surface area contributed by atoms with Crippen molar-refractivity contribution in [2.75, 3.05) is 11.5 Å². The summed E-state index contributed by atoms with van der Waals surface area (Å²) in [5.41, 5.74) is 5.51. The third-order valence-electron chi connectivity index (χ3n) is 1.63. The van der Waals surface area contributed by atoms with Crippen LogP contribution in [0.25, 0.3) is 0 Å². The lowest BCUT2D eigenvalue weighted by Crippen LogP contribution is -1.97. The van der Waals surface area contributed by atoms with E-state index >= 15 is 0 Å². The molecule has 0 saturated heterocycles. The van der Waals surface area contributed by atoms with Crippen molar-refractivity contribution >= 4 is 17.4 Å². The molecule has 0 atom stereocenters. The minimum Gasteiger partial charge on any atom is -0.395 e. The molecule has 78 valence electrons. The normalized spacial score (nSPS) is 10.9. The van der Waals surface area contributed by atoms with Crippen molar-refractivity contribution < 1.29 is 8.78 Å². The molecule has 1 rings (SSSR count). The lowest BCUT2D eigenvalue weighted by molar-refractivity contribution is 0.581. The Bertz CT molecular complexity index is 326. The molecule has 4 heteroatoms. The van der Waals surface area contributed by atoms with Crippen molar-refractivity contribution in [1.82, 2.24) is 0 Å². The molecule has 0 heterocycles. The summed E-state index contributed by atoms with van der Waals surface area (Å²) in [4.78, 5) is 0.483. The number of rotatable bonds is 3. The van der Waals surface area contributed by atoms with E-state index in [1.807, 2.05) is 13.8 Å². The third-order valence-corrected chi connectivity index (χ3v) is 3.11. The average molecular weight is 217 g/mol. The summed E-state index contributed by atoms with van der Waals surface area (Å²) >= 11 is 1.38. The number of nitrogens with two attached hydrogens (primary N) is 1. The van der Waals surface area contributed by atoms with Crippen LogP contribution in [-0.2, 0) is 0 Å². The Kier molecular flexibility index (Phi) is 3.75. The minimum atomic E-state index is -0.684. The van der Waals surface area contributed by atoms with Crippen LogP contribution in [0.1, 0.15) is 13.8 Å². The van der Waals surface area contributed by atoms with Gasteiger partial charge in [-0.3, -0.25) is 0 Å². The molecule has 0 unspecified atom stereocenters. The summed E-state index contributed by atoms with van der Waals surface area (Å²) < 4.78 is 25.8. The summed E-state index contributed by atoms with van der Waals surface area (Å²) in [6, 6.07) is 2.07. The highest BCUT2D eigenvalue weighted by molar-refractivity contribution is 7.99. The van der Waals surface area contributed by atoms with E-state index in [4.69, 9.17) is 5.73 Å². The fourth-order valence-corrected chi connectivity index (χ4v) is 1.90. The van der Waals surface area contributed by atoms with Crippen LogP contribution in [0.15, 0.2) is 17.0 Å². The second kappa shape index (κ2) is 4.64. The molecule has 0 aromatic heterocycles. The van der Waals surface area contributed by atoms with Gasteiger partial charge in [-0.25, -0.2) is 8.78 Å². The maximum Gasteiger partial charge on any atom is 0.150 e. The van der Waals surface area contributed by atoms with Gasteiger partial charge < -0.3 is 5.73 Å². The molecular weight excluding hydrogens is 204 g/mol. The second-order valence-electron chi connectivity index (χ2n) is 3.50. The minimum absolute atomic E-state index is 0.0389. The number of benzene rings is 1. The van der Waals surface area contributed by atoms with Crippen molar-refractivity contribution in [1.29, 1.82) is 0 Å². The molecule has 1 nitrogen and oxygen atoms in total. The van der Waals surface area contributed by atoms with E-state index < -0.39 is 11.6 Å². The van der Waals surface area contributed by atoms with E-state index in [1.165, 1.54) is 17.8 Å². The first-order chi connectivity index (χ1) is 6.50. The molecule has 0 aliphatic rings. The Labute approximate surface area is 86.7 Å². The standard InChI is InChI=1S/C10H13F2NS/c1-6(2)5-14-9-4-7(11)3-8(12)10(9)13/h3-4,6H,5,13H2,1-2H3. The van der Waals surface area contributed by atoms with Gasteiger partial charge in [-0.1, -0.05) is 13.8 Å². The van der Waals surface area contributed by atoms with Gasteiger partial charge in [-0.2, -0.15) is 0 Å². The van der Waals surface area contributed by atoms with Gasteiger partial charge in [0.15, 0.2) is 0 Å². The van der Waals surface area contributed by atoms with E-state index in [0.29, 0.717) is 10.8 Å². The molecule has 14 heavy (non-hydrogen) atoms. The molecule has 1 aromatic carbocycles. The molecule has 0 aliphatic carbocycles. The van der Waals surface area contributed by atoms with Crippen LogP contribution in [-0.4, -0.2) is 5.75 Å². The van der Waals surface area contributed by atoms with Crippen LogP contribution in [0.5, 0.6) is 0 Å². The smallest absolute Gasteiger partial charge is 0.150 e. The van der Waals surface area contributed by atoms with Crippen molar-refractivity contribution in [3.8, 4) is 0 Å². The number of hydrogen-bond donors (Lipinski definition) is 1. The molecule has 0 spiro atoms. The molecule has 0 saturated carbocycles. The first-order valence-electron chi connectivity index (χ1n) is 4.38. The summed E-state index contributed by atoms with van der Waals surface area (Å²) in [6.45, 7) is 4.08.